The highest BCUT2D eigenvalue weighted by Gasteiger charge is 2.60. The molecule has 0 aromatic heterocycles. The van der Waals surface area contributed by atoms with E-state index in [0.717, 1.165) is 41.9 Å². The minimum atomic E-state index is -0.366. The van der Waals surface area contributed by atoms with Crippen molar-refractivity contribution in [3.8, 4) is 11.5 Å². The molecule has 1 aromatic rings. The Kier molecular flexibility index (Phi) is 9.70. The third kappa shape index (κ3) is 6.29. The van der Waals surface area contributed by atoms with Gasteiger partial charge in [-0.15, -0.1) is 0 Å². The molecule has 0 saturated heterocycles. The van der Waals surface area contributed by atoms with Crippen molar-refractivity contribution in [2.45, 2.75) is 118 Å². The molecule has 4 nitrogen and oxygen atoms in total. The van der Waals surface area contributed by atoms with E-state index < -0.39 is 0 Å². The van der Waals surface area contributed by atoms with E-state index in [2.05, 4.69) is 34.6 Å². The Morgan fingerprint density at radius 3 is 2.45 bits per heavy atom. The molecule has 234 valence electrons. The van der Waals surface area contributed by atoms with E-state index in [0.29, 0.717) is 34.8 Å². The summed E-state index contributed by atoms with van der Waals surface area (Å²) in [7, 11) is 0. The maximum Gasteiger partial charge on any atom is 0.330 e. The van der Waals surface area contributed by atoms with Crippen molar-refractivity contribution in [2.24, 2.45) is 58.2 Å². The van der Waals surface area contributed by atoms with E-state index in [1.165, 1.54) is 95.3 Å². The second kappa shape index (κ2) is 12.9. The zero-order valence-corrected chi connectivity index (χ0v) is 27.1. The summed E-state index contributed by atoms with van der Waals surface area (Å²) in [6.07, 6.45) is 21.2. The standard InChI is InChI=1S/C38H58O4/c1-25(2)28(20-23-42-36(41)18-11-27-10-17-34(39)35(40)24-27)12-9-26(3)31-15-16-32-30-14-13-29-8-6-7-21-37(29,4)33(30)19-22-38(31,32)5/h10-11,17-18,24-26,28-33,39-40H,6-9,12-16,19-23H2,1-5H3/b18-11+/t26-,28+,29?,30+,31-,32+,33+,37+,38-/m1/s1. The SMILES string of the molecule is CC(C)[C@H](CCOC(=O)/C=C/c1ccc(O)c(O)c1)CC[C@@H](C)[C@H]1CC[C@H]2[C@@H]3CCC4CCCC[C@]4(C)[C@H]3CC[C@]12C. The van der Waals surface area contributed by atoms with E-state index in [1.807, 2.05) is 0 Å². The number of hydrogen-bond acceptors (Lipinski definition) is 4. The number of ether oxygens (including phenoxy) is 1. The Bertz CT molecular complexity index is 1110. The van der Waals surface area contributed by atoms with Crippen LogP contribution in [0.2, 0.25) is 0 Å². The number of carbonyl (C=O) groups is 1. The molecule has 4 heteroatoms. The molecule has 0 amide bonds. The van der Waals surface area contributed by atoms with Crippen LogP contribution in [0.15, 0.2) is 24.3 Å². The molecule has 0 heterocycles. The Morgan fingerprint density at radius 1 is 0.905 bits per heavy atom. The van der Waals surface area contributed by atoms with Crippen LogP contribution in [0.4, 0.5) is 0 Å². The number of phenolic OH excluding ortho intramolecular Hbond substituents is 2. The van der Waals surface area contributed by atoms with Crippen LogP contribution in [-0.2, 0) is 9.53 Å². The second-order valence-electron chi connectivity index (χ2n) is 15.7. The highest BCUT2D eigenvalue weighted by atomic mass is 16.5. The van der Waals surface area contributed by atoms with Gasteiger partial charge in [-0.3, -0.25) is 0 Å². The molecular weight excluding hydrogens is 520 g/mol. The van der Waals surface area contributed by atoms with Crippen LogP contribution in [0, 0.1) is 58.2 Å². The van der Waals surface area contributed by atoms with Crippen molar-refractivity contribution >= 4 is 12.0 Å². The topological polar surface area (TPSA) is 66.8 Å². The lowest BCUT2D eigenvalue weighted by molar-refractivity contribution is -0.138. The summed E-state index contributed by atoms with van der Waals surface area (Å²) in [6, 6.07) is 4.48. The number of carbonyl (C=O) groups excluding carboxylic acids is 1. The molecule has 5 rings (SSSR count). The quantitative estimate of drug-likeness (QED) is 0.165. The van der Waals surface area contributed by atoms with Gasteiger partial charge in [-0.25, -0.2) is 4.79 Å². The van der Waals surface area contributed by atoms with Gasteiger partial charge in [-0.05, 0) is 146 Å². The van der Waals surface area contributed by atoms with Crippen LogP contribution in [0.25, 0.3) is 6.08 Å². The maximum absolute atomic E-state index is 12.3. The van der Waals surface area contributed by atoms with Crippen LogP contribution in [0.1, 0.15) is 124 Å². The van der Waals surface area contributed by atoms with Crippen molar-refractivity contribution in [3.05, 3.63) is 29.8 Å². The summed E-state index contributed by atoms with van der Waals surface area (Å²) < 4.78 is 5.55. The van der Waals surface area contributed by atoms with Crippen LogP contribution < -0.4 is 0 Å². The average Bonchev–Trinajstić information content (AvgIpc) is 3.32. The highest BCUT2D eigenvalue weighted by Crippen LogP contribution is 2.68. The maximum atomic E-state index is 12.3. The molecule has 0 spiro atoms. The lowest BCUT2D eigenvalue weighted by Crippen LogP contribution is -2.53. The molecule has 42 heavy (non-hydrogen) atoms. The molecular formula is C38H58O4. The van der Waals surface area contributed by atoms with Gasteiger partial charge in [0.25, 0.3) is 0 Å². The number of aromatic hydroxyl groups is 2. The lowest BCUT2D eigenvalue weighted by Gasteiger charge is -2.61. The van der Waals surface area contributed by atoms with Gasteiger partial charge >= 0.3 is 5.97 Å². The minimum absolute atomic E-state index is 0.172. The first-order chi connectivity index (χ1) is 20.0. The summed E-state index contributed by atoms with van der Waals surface area (Å²) in [5, 5.41) is 19.1. The zero-order valence-electron chi connectivity index (χ0n) is 27.1. The molecule has 1 unspecified atom stereocenters. The number of hydrogen-bond donors (Lipinski definition) is 2. The average molecular weight is 579 g/mol. The largest absolute Gasteiger partial charge is 0.504 e. The third-order valence-electron chi connectivity index (χ3n) is 13.4. The molecule has 2 N–H and O–H groups in total. The first kappa shape index (κ1) is 31.5. The summed E-state index contributed by atoms with van der Waals surface area (Å²) in [6.45, 7) is 13.0. The molecule has 9 atom stereocenters. The van der Waals surface area contributed by atoms with Gasteiger partial charge in [0, 0.05) is 6.08 Å². The van der Waals surface area contributed by atoms with Crippen molar-refractivity contribution in [3.63, 3.8) is 0 Å². The van der Waals surface area contributed by atoms with Crippen LogP contribution in [0.5, 0.6) is 11.5 Å². The fraction of sp³-hybridized carbons (Fsp3) is 0.763. The van der Waals surface area contributed by atoms with Crippen molar-refractivity contribution in [1.82, 2.24) is 0 Å². The zero-order chi connectivity index (χ0) is 30.1. The molecule has 0 radical (unpaired) electrons. The van der Waals surface area contributed by atoms with Crippen molar-refractivity contribution < 1.29 is 19.7 Å². The third-order valence-corrected chi connectivity index (χ3v) is 13.4. The van der Waals surface area contributed by atoms with Crippen LogP contribution in [0.3, 0.4) is 0 Å². The van der Waals surface area contributed by atoms with Crippen LogP contribution >= 0.6 is 0 Å². The number of phenols is 2. The van der Waals surface area contributed by atoms with Crippen LogP contribution in [-0.4, -0.2) is 22.8 Å². The predicted octanol–water partition coefficient (Wildman–Crippen LogP) is 9.78. The minimum Gasteiger partial charge on any atom is -0.504 e. The van der Waals surface area contributed by atoms with Gasteiger partial charge in [-0.1, -0.05) is 59.9 Å². The molecule has 4 fully saturated rings. The van der Waals surface area contributed by atoms with E-state index in [-0.39, 0.29) is 17.5 Å². The van der Waals surface area contributed by atoms with Gasteiger partial charge in [0.15, 0.2) is 11.5 Å². The Labute approximate surface area is 255 Å². The van der Waals surface area contributed by atoms with Gasteiger partial charge in [0.05, 0.1) is 6.61 Å². The van der Waals surface area contributed by atoms with Gasteiger partial charge in [-0.2, -0.15) is 0 Å². The number of esters is 1. The molecule has 4 saturated carbocycles. The van der Waals surface area contributed by atoms with Crippen molar-refractivity contribution in [1.29, 1.82) is 0 Å². The van der Waals surface area contributed by atoms with E-state index in [1.54, 1.807) is 12.1 Å². The monoisotopic (exact) mass is 578 g/mol. The summed E-state index contributed by atoms with van der Waals surface area (Å²) in [4.78, 5) is 12.3. The van der Waals surface area contributed by atoms with Gasteiger partial charge in [0.1, 0.15) is 0 Å². The van der Waals surface area contributed by atoms with E-state index >= 15 is 0 Å². The summed E-state index contributed by atoms with van der Waals surface area (Å²) >= 11 is 0. The van der Waals surface area contributed by atoms with Gasteiger partial charge in [0.2, 0.25) is 0 Å². The Morgan fingerprint density at radius 2 is 1.69 bits per heavy atom. The Balaban J connectivity index is 1.11. The molecule has 0 aliphatic heterocycles. The predicted molar refractivity (Wildman–Crippen MR) is 171 cm³/mol. The smallest absolute Gasteiger partial charge is 0.330 e. The molecule has 0 bridgehead atoms. The first-order valence-electron chi connectivity index (χ1n) is 17.4. The fourth-order valence-electron chi connectivity index (χ4n) is 10.9. The van der Waals surface area contributed by atoms with E-state index in [9.17, 15) is 15.0 Å². The molecule has 4 aliphatic rings. The number of benzene rings is 1. The molecule has 4 aliphatic carbocycles. The lowest BCUT2D eigenvalue weighted by atomic mass is 9.44. The fourth-order valence-corrected chi connectivity index (χ4v) is 10.9. The summed E-state index contributed by atoms with van der Waals surface area (Å²) in [5.41, 5.74) is 1.80. The second-order valence-corrected chi connectivity index (χ2v) is 15.7. The first-order valence-corrected chi connectivity index (χ1v) is 17.4. The normalized spacial score (nSPS) is 35.8. The Hall–Kier alpha value is -1.97. The summed E-state index contributed by atoms with van der Waals surface area (Å²) in [5.74, 6) is 5.92. The molecule has 1 aromatic carbocycles. The van der Waals surface area contributed by atoms with Gasteiger partial charge < -0.3 is 14.9 Å². The van der Waals surface area contributed by atoms with E-state index in [4.69, 9.17) is 4.74 Å². The highest BCUT2D eigenvalue weighted by molar-refractivity contribution is 5.87. The van der Waals surface area contributed by atoms with Crippen molar-refractivity contribution in [2.75, 3.05) is 6.61 Å². The number of fused-ring (bicyclic) bond motifs is 5. The number of rotatable bonds is 10.